The minimum Gasteiger partial charge on any atom is -0.444 e. The molecular weight excluding hydrogens is 1480 g/mol. The van der Waals surface area contributed by atoms with Crippen LogP contribution >= 0.6 is 0 Å². The van der Waals surface area contributed by atoms with Gasteiger partial charge in [-0.25, -0.2) is 22.4 Å². The standard InChI is InChI=1S/C30H36FN3O.C27H42FN3O.C25H23FN2.C18H23FN2O2/c1-21-6-4-7-23-8-5-9-24(30(21)23)17-33-14-12-22(13-15-33)28-20-34(19-26(35)18-32(2)3)29-11-10-25(31)16-27(28)29;1-29(2)18-24(32)19-31-20-26(25-16-23(28)10-11-27(25)31)22-12-14-30(15-13-22)17-21-8-6-4-3-5-7-9-21;26-19-7-8-20-22(15-27-23(20)14-19)16-9-11-28(12-10-16)24-13-18-5-1-3-17-4-2-6-21(24)25(17)18;1-18(2,3)23-17(22)21-8-6-12(7-9-21)15-11-20-16-10-13(19)4-5-14(15)16/h4-11,16,20,22,26,35H,12-15,17-19H2,1-3H3;10-11,16,20-22,24,32H,3-9,12-15,17-19H2,1-2H3;1-8,14-16,24,27H,9-13H2;4-5,10-12,20H,6-9H2,1-3H3. The Kier molecular flexibility index (Phi) is 27.0. The Bertz CT molecular complexity index is 5350. The number of likely N-dealkylation sites (N-methyl/N-ethyl adjacent to an activating group) is 2. The Hall–Kier alpha value is -8.85. The van der Waals surface area contributed by atoms with Crippen LogP contribution in [0.15, 0.2) is 170 Å². The molecule has 18 rings (SSSR count). The fourth-order valence-corrected chi connectivity index (χ4v) is 20.5. The number of benzene rings is 8. The highest BCUT2D eigenvalue weighted by Crippen LogP contribution is 2.45. The number of halogens is 4. The zero-order chi connectivity index (χ0) is 82.3. The molecule has 4 saturated heterocycles. The Balaban J connectivity index is 0.000000124. The number of aryl methyl sites for hydroxylation is 1. The summed E-state index contributed by atoms with van der Waals surface area (Å²) >= 11 is 0. The highest BCUT2D eigenvalue weighted by atomic mass is 19.1. The Morgan fingerprint density at radius 3 is 1.47 bits per heavy atom. The molecule has 2 aliphatic carbocycles. The van der Waals surface area contributed by atoms with Crippen LogP contribution in [0.2, 0.25) is 0 Å². The summed E-state index contributed by atoms with van der Waals surface area (Å²) in [5.41, 5.74) is 14.1. The third kappa shape index (κ3) is 20.3. The van der Waals surface area contributed by atoms with Gasteiger partial charge in [-0.1, -0.05) is 105 Å². The van der Waals surface area contributed by atoms with Crippen molar-refractivity contribution in [1.82, 2.24) is 48.5 Å². The molecule has 0 bridgehead atoms. The topological polar surface area (TPSA) is 128 Å². The molecule has 14 nitrogen and oxygen atoms in total. The number of aliphatic hydroxyl groups excluding tert-OH is 2. The van der Waals surface area contributed by atoms with Crippen LogP contribution in [0.1, 0.15) is 191 Å². The van der Waals surface area contributed by atoms with E-state index in [1.54, 1.807) is 35.2 Å². The molecule has 1 saturated carbocycles. The van der Waals surface area contributed by atoms with E-state index in [1.807, 2.05) is 89.2 Å². The van der Waals surface area contributed by atoms with Gasteiger partial charge in [0.1, 0.15) is 28.9 Å². The molecule has 3 unspecified atom stereocenters. The minimum atomic E-state index is -0.468. The average molecular weight is 1610 g/mol. The maximum absolute atomic E-state index is 14.2. The van der Waals surface area contributed by atoms with E-state index >= 15 is 0 Å². The molecule has 8 heterocycles. The first-order chi connectivity index (χ1) is 57.0. The number of aromatic nitrogens is 4. The summed E-state index contributed by atoms with van der Waals surface area (Å²) in [6.45, 7) is 20.3. The number of hydrogen-bond acceptors (Lipinski definition) is 9. The van der Waals surface area contributed by atoms with E-state index < -0.39 is 17.8 Å². The number of nitrogens with one attached hydrogen (secondary N) is 2. The highest BCUT2D eigenvalue weighted by molar-refractivity contribution is 5.92. The first-order valence-corrected chi connectivity index (χ1v) is 43.9. The number of aromatic amines is 2. The zero-order valence-electron chi connectivity index (χ0n) is 70.8. The Morgan fingerprint density at radius 1 is 0.492 bits per heavy atom. The van der Waals surface area contributed by atoms with E-state index in [0.717, 1.165) is 148 Å². The van der Waals surface area contributed by atoms with E-state index in [0.29, 0.717) is 69.0 Å². The summed E-state index contributed by atoms with van der Waals surface area (Å²) in [6.07, 6.45) is 26.8. The molecule has 626 valence electrons. The van der Waals surface area contributed by atoms with Crippen LogP contribution in [0.4, 0.5) is 22.4 Å². The molecule has 1 amide bonds. The normalized spacial score (nSPS) is 18.7. The van der Waals surface area contributed by atoms with E-state index in [4.69, 9.17) is 4.74 Å². The number of likely N-dealkylation sites (tertiary alicyclic amines) is 4. The van der Waals surface area contributed by atoms with Crippen molar-refractivity contribution in [2.45, 2.75) is 198 Å². The van der Waals surface area contributed by atoms with Crippen molar-refractivity contribution in [3.05, 3.63) is 238 Å². The Morgan fingerprint density at radius 2 is 0.941 bits per heavy atom. The largest absolute Gasteiger partial charge is 0.444 e. The lowest BCUT2D eigenvalue weighted by molar-refractivity contribution is 0.0205. The van der Waals surface area contributed by atoms with Gasteiger partial charge in [-0.2, -0.15) is 0 Å². The summed E-state index contributed by atoms with van der Waals surface area (Å²) in [5, 5.41) is 30.8. The van der Waals surface area contributed by atoms with E-state index in [9.17, 15) is 32.6 Å². The number of fused-ring (bicyclic) bond motifs is 5. The fraction of sp³-hybridized carbons (Fsp3) is 0.470. The smallest absolute Gasteiger partial charge is 0.410 e. The average Bonchev–Trinajstić information content (AvgIpc) is 1.61. The second-order valence-corrected chi connectivity index (χ2v) is 36.6. The van der Waals surface area contributed by atoms with E-state index in [-0.39, 0.29) is 29.4 Å². The van der Waals surface area contributed by atoms with Gasteiger partial charge < -0.3 is 53.7 Å². The zero-order valence-corrected chi connectivity index (χ0v) is 70.8. The molecule has 4 aromatic heterocycles. The lowest BCUT2D eigenvalue weighted by Gasteiger charge is -2.36. The summed E-state index contributed by atoms with van der Waals surface area (Å²) < 4.78 is 64.8. The van der Waals surface area contributed by atoms with Gasteiger partial charge in [0.15, 0.2) is 0 Å². The summed E-state index contributed by atoms with van der Waals surface area (Å²) in [7, 11) is 7.88. The molecule has 5 fully saturated rings. The van der Waals surface area contributed by atoms with Crippen molar-refractivity contribution in [2.24, 2.45) is 5.92 Å². The maximum Gasteiger partial charge on any atom is 0.410 e. The van der Waals surface area contributed by atoms with Crippen molar-refractivity contribution >= 4 is 71.2 Å². The van der Waals surface area contributed by atoms with Crippen LogP contribution in [-0.2, 0) is 30.8 Å². The first kappa shape index (κ1) is 84.2. The highest BCUT2D eigenvalue weighted by Gasteiger charge is 2.35. The van der Waals surface area contributed by atoms with Gasteiger partial charge in [0.2, 0.25) is 0 Å². The van der Waals surface area contributed by atoms with Gasteiger partial charge in [-0.15, -0.1) is 0 Å². The maximum atomic E-state index is 14.2. The van der Waals surface area contributed by atoms with Crippen LogP contribution in [0.5, 0.6) is 0 Å². The molecule has 12 aromatic rings. The Labute approximate surface area is 695 Å². The molecule has 0 spiro atoms. The number of amides is 1. The number of ether oxygens (including phenoxy) is 1. The summed E-state index contributed by atoms with van der Waals surface area (Å²) in [4.78, 5) is 32.2. The monoisotopic (exact) mass is 1600 g/mol. The van der Waals surface area contributed by atoms with Crippen molar-refractivity contribution < 1.29 is 37.3 Å². The number of rotatable bonds is 17. The predicted molar refractivity (Wildman–Crippen MR) is 473 cm³/mol. The van der Waals surface area contributed by atoms with Gasteiger partial charge in [-0.3, -0.25) is 9.80 Å². The number of aliphatic hydroxyl groups is 2. The molecule has 0 radical (unpaired) electrons. The minimum absolute atomic E-state index is 0.174. The number of hydrogen-bond donors (Lipinski definition) is 4. The van der Waals surface area contributed by atoms with Crippen LogP contribution < -0.4 is 0 Å². The number of piperidine rings is 4. The molecule has 4 N–H and O–H groups in total. The number of carbonyl (C=O) groups is 1. The van der Waals surface area contributed by atoms with Gasteiger partial charge in [-0.05, 0) is 334 Å². The van der Waals surface area contributed by atoms with Gasteiger partial charge in [0.25, 0.3) is 0 Å². The lowest BCUT2D eigenvalue weighted by Crippen LogP contribution is -2.41. The van der Waals surface area contributed by atoms with Crippen LogP contribution in [-0.4, -0.2) is 183 Å². The van der Waals surface area contributed by atoms with Crippen LogP contribution in [0, 0.1) is 36.1 Å². The van der Waals surface area contributed by atoms with E-state index in [1.165, 1.54) is 141 Å². The number of nitrogens with zero attached hydrogens (tertiary/aromatic N) is 8. The van der Waals surface area contributed by atoms with Gasteiger partial charge in [0.05, 0.1) is 12.2 Å². The van der Waals surface area contributed by atoms with Crippen molar-refractivity contribution in [1.29, 1.82) is 0 Å². The van der Waals surface area contributed by atoms with Gasteiger partial charge in [0, 0.05) is 127 Å². The molecule has 3 atom stereocenters. The third-order valence-electron chi connectivity index (χ3n) is 26.2. The van der Waals surface area contributed by atoms with Crippen molar-refractivity contribution in [2.75, 3.05) is 100 Å². The molecule has 6 aliphatic rings. The molecule has 8 aromatic carbocycles. The molecular formula is C100H124F4N10O4. The lowest BCUT2D eigenvalue weighted by atomic mass is 9.87. The predicted octanol–water partition coefficient (Wildman–Crippen LogP) is 21.1. The van der Waals surface area contributed by atoms with Gasteiger partial charge >= 0.3 is 6.09 Å². The SMILES string of the molecule is CC(C)(C)OC(=O)N1CCC(c2c[nH]c3cc(F)ccc23)CC1.CN(C)CC(O)Cn1cc(C2CCN(CC3CCCCCCC3)CC2)c2cc(F)ccc21.Cc1cccc2cccc(CN3CCC(c4cn(CC(O)CN(C)C)c5ccc(F)cc45)CC3)c12.Fc1ccc2c(C3CCN(C4Cc5cccc6cccc4c56)CC3)c[nH]c2c1. The van der Waals surface area contributed by atoms with Crippen molar-refractivity contribution in [3.8, 4) is 0 Å². The third-order valence-corrected chi connectivity index (χ3v) is 26.2. The van der Waals surface area contributed by atoms with E-state index in [2.05, 4.69) is 132 Å². The number of carbonyl (C=O) groups excluding carboxylic acids is 1. The fourth-order valence-electron chi connectivity index (χ4n) is 20.5. The quantitative estimate of drug-likeness (QED) is 0.0659. The second-order valence-electron chi connectivity index (χ2n) is 36.6. The molecule has 18 heteroatoms. The molecule has 118 heavy (non-hydrogen) atoms. The van der Waals surface area contributed by atoms with Crippen molar-refractivity contribution in [3.63, 3.8) is 0 Å². The number of H-pyrrole nitrogens is 2. The second kappa shape index (κ2) is 37.8. The molecule has 4 aliphatic heterocycles. The van der Waals surface area contributed by atoms with Crippen LogP contribution in [0.3, 0.4) is 0 Å². The first-order valence-electron chi connectivity index (χ1n) is 43.9. The summed E-state index contributed by atoms with van der Waals surface area (Å²) in [6, 6.07) is 47.3. The summed E-state index contributed by atoms with van der Waals surface area (Å²) in [5.74, 6) is 1.90. The van der Waals surface area contributed by atoms with Crippen LogP contribution in [0.25, 0.3) is 65.2 Å².